The Hall–Kier alpha value is -1.75. The molecule has 1 heterocycles. The van der Waals surface area contributed by atoms with E-state index in [9.17, 15) is 9.18 Å². The van der Waals surface area contributed by atoms with Crippen molar-refractivity contribution in [1.29, 1.82) is 0 Å². The number of halogens is 1. The summed E-state index contributed by atoms with van der Waals surface area (Å²) in [6.07, 6.45) is 2.41. The molecule has 0 aliphatic heterocycles. The van der Waals surface area contributed by atoms with Gasteiger partial charge in [0.1, 0.15) is 5.82 Å². The fourth-order valence-corrected chi connectivity index (χ4v) is 2.05. The fraction of sp³-hybridized carbons (Fsp3) is 0.231. The molecule has 0 saturated heterocycles. The van der Waals surface area contributed by atoms with E-state index in [0.29, 0.717) is 11.3 Å². The first-order chi connectivity index (χ1) is 8.56. The third-order valence-corrected chi connectivity index (χ3v) is 3.16. The molecule has 3 nitrogen and oxygen atoms in total. The predicted molar refractivity (Wildman–Crippen MR) is 70.7 cm³/mol. The highest BCUT2D eigenvalue weighted by Gasteiger charge is 2.01. The van der Waals surface area contributed by atoms with Crippen LogP contribution in [0.4, 0.5) is 4.39 Å². The summed E-state index contributed by atoms with van der Waals surface area (Å²) < 4.78 is 15.2. The highest BCUT2D eigenvalue weighted by atomic mass is 32.1. The van der Waals surface area contributed by atoms with Gasteiger partial charge in [-0.15, -0.1) is 0 Å². The topological polar surface area (TPSA) is 37.8 Å². The van der Waals surface area contributed by atoms with Crippen LogP contribution in [0.5, 0.6) is 0 Å². The molecule has 18 heavy (non-hydrogen) atoms. The monoisotopic (exact) mass is 264 g/mol. The molecule has 5 heteroatoms. The van der Waals surface area contributed by atoms with Crippen molar-refractivity contribution >= 4 is 12.2 Å². The molecule has 0 fully saturated rings. The summed E-state index contributed by atoms with van der Waals surface area (Å²) in [4.78, 5) is 13.6. The third kappa shape index (κ3) is 2.92. The second-order valence-corrected chi connectivity index (χ2v) is 4.51. The normalized spacial score (nSPS) is 10.6. The molecule has 2 rings (SSSR count). The Morgan fingerprint density at radius 2 is 2.17 bits per heavy atom. The number of aromatic amines is 1. The van der Waals surface area contributed by atoms with Crippen LogP contribution in [-0.2, 0) is 13.0 Å². The Kier molecular flexibility index (Phi) is 3.72. The van der Waals surface area contributed by atoms with Crippen molar-refractivity contribution in [3.05, 3.63) is 62.5 Å². The Labute approximate surface area is 109 Å². The van der Waals surface area contributed by atoms with E-state index >= 15 is 0 Å². The maximum absolute atomic E-state index is 13.0. The Balaban J connectivity index is 2.16. The molecule has 0 radical (unpaired) electrons. The summed E-state index contributed by atoms with van der Waals surface area (Å²) in [7, 11) is 0. The first-order valence-electron chi connectivity index (χ1n) is 5.61. The molecule has 0 saturated carbocycles. The van der Waals surface area contributed by atoms with Crippen LogP contribution >= 0.6 is 12.2 Å². The first kappa shape index (κ1) is 12.7. The summed E-state index contributed by atoms with van der Waals surface area (Å²) in [6, 6.07) is 6.18. The minimum atomic E-state index is -0.225. The molecule has 0 unspecified atom stereocenters. The van der Waals surface area contributed by atoms with Crippen molar-refractivity contribution in [2.24, 2.45) is 0 Å². The van der Waals surface area contributed by atoms with E-state index in [1.165, 1.54) is 18.2 Å². The molecule has 0 spiro atoms. The minimum absolute atomic E-state index is 0.200. The van der Waals surface area contributed by atoms with Crippen molar-refractivity contribution in [2.75, 3.05) is 0 Å². The lowest BCUT2D eigenvalue weighted by Gasteiger charge is -2.08. The van der Waals surface area contributed by atoms with Crippen LogP contribution in [0.25, 0.3) is 0 Å². The predicted octanol–water partition coefficient (Wildman–Crippen LogP) is 2.60. The van der Waals surface area contributed by atoms with Crippen molar-refractivity contribution in [3.63, 3.8) is 0 Å². The van der Waals surface area contributed by atoms with Crippen LogP contribution in [0, 0.1) is 17.5 Å². The maximum Gasteiger partial charge on any atom is 0.251 e. The molecule has 1 aromatic carbocycles. The second kappa shape index (κ2) is 5.27. The Morgan fingerprint density at radius 1 is 1.39 bits per heavy atom. The Bertz CT molecular complexity index is 675. The van der Waals surface area contributed by atoms with Crippen LogP contribution in [0.2, 0.25) is 0 Å². The van der Waals surface area contributed by atoms with E-state index in [1.807, 2.05) is 6.92 Å². The molecule has 0 atom stereocenters. The van der Waals surface area contributed by atoms with Gasteiger partial charge in [0.05, 0.1) is 0 Å². The molecule has 2 aromatic rings. The van der Waals surface area contributed by atoms with E-state index in [2.05, 4.69) is 4.98 Å². The number of nitrogens with zero attached hydrogens (tertiary/aromatic N) is 1. The zero-order chi connectivity index (χ0) is 13.1. The molecule has 0 amide bonds. The minimum Gasteiger partial charge on any atom is -0.325 e. The van der Waals surface area contributed by atoms with Gasteiger partial charge in [0, 0.05) is 18.8 Å². The molecule has 94 valence electrons. The lowest BCUT2D eigenvalue weighted by atomic mass is 10.1. The van der Waals surface area contributed by atoms with Gasteiger partial charge in [-0.1, -0.05) is 6.07 Å². The average molecular weight is 264 g/mol. The van der Waals surface area contributed by atoms with Crippen molar-refractivity contribution < 1.29 is 4.39 Å². The SMILES string of the molecule is Cc1cc(F)ccc1CCn1ccc(=O)[nH]c1=S. The number of benzene rings is 1. The quantitative estimate of drug-likeness (QED) is 0.865. The molecule has 0 aliphatic carbocycles. The number of aryl methyl sites for hydroxylation is 3. The molecule has 0 aliphatic rings. The number of nitrogens with one attached hydrogen (secondary N) is 1. The van der Waals surface area contributed by atoms with Gasteiger partial charge in [-0.3, -0.25) is 9.78 Å². The Morgan fingerprint density at radius 3 is 2.83 bits per heavy atom. The van der Waals surface area contributed by atoms with Crippen LogP contribution in [0.3, 0.4) is 0 Å². The molecule has 0 bridgehead atoms. The summed E-state index contributed by atoms with van der Waals surface area (Å²) >= 11 is 5.06. The van der Waals surface area contributed by atoms with Gasteiger partial charge in [0.25, 0.3) is 5.56 Å². The fourth-order valence-electron chi connectivity index (χ4n) is 1.80. The maximum atomic E-state index is 13.0. The largest absolute Gasteiger partial charge is 0.325 e. The molecular formula is C13H13FN2OS. The van der Waals surface area contributed by atoms with Crippen LogP contribution in [0.1, 0.15) is 11.1 Å². The smallest absolute Gasteiger partial charge is 0.251 e. The average Bonchev–Trinajstić information content (AvgIpc) is 2.30. The van der Waals surface area contributed by atoms with Gasteiger partial charge in [-0.2, -0.15) is 0 Å². The van der Waals surface area contributed by atoms with Gasteiger partial charge < -0.3 is 4.57 Å². The van der Waals surface area contributed by atoms with Gasteiger partial charge in [-0.25, -0.2) is 4.39 Å². The lowest BCUT2D eigenvalue weighted by molar-refractivity contribution is 0.622. The van der Waals surface area contributed by atoms with Crippen LogP contribution < -0.4 is 5.56 Å². The van der Waals surface area contributed by atoms with Gasteiger partial charge >= 0.3 is 0 Å². The van der Waals surface area contributed by atoms with Crippen molar-refractivity contribution in [2.45, 2.75) is 19.9 Å². The summed E-state index contributed by atoms with van der Waals surface area (Å²) in [5, 5.41) is 0. The van der Waals surface area contributed by atoms with Crippen LogP contribution in [-0.4, -0.2) is 9.55 Å². The van der Waals surface area contributed by atoms with E-state index in [-0.39, 0.29) is 11.4 Å². The van der Waals surface area contributed by atoms with Crippen LogP contribution in [0.15, 0.2) is 35.3 Å². The number of aromatic nitrogens is 2. The summed E-state index contributed by atoms with van der Waals surface area (Å²) in [5.74, 6) is -0.225. The lowest BCUT2D eigenvalue weighted by Crippen LogP contribution is -2.12. The summed E-state index contributed by atoms with van der Waals surface area (Å²) in [6.45, 7) is 2.53. The highest BCUT2D eigenvalue weighted by Crippen LogP contribution is 2.11. The van der Waals surface area contributed by atoms with Crippen molar-refractivity contribution in [3.8, 4) is 0 Å². The zero-order valence-corrected chi connectivity index (χ0v) is 10.8. The number of H-pyrrole nitrogens is 1. The third-order valence-electron chi connectivity index (χ3n) is 2.82. The van der Waals surface area contributed by atoms with Gasteiger partial charge in [0.15, 0.2) is 4.77 Å². The standard InChI is InChI=1S/C13H13FN2OS/c1-9-8-11(14)3-2-10(9)4-6-16-7-5-12(17)15-13(16)18/h2-3,5,7-8H,4,6H2,1H3,(H,15,17,18). The number of rotatable bonds is 3. The van der Waals surface area contributed by atoms with Gasteiger partial charge in [0.2, 0.25) is 0 Å². The van der Waals surface area contributed by atoms with Gasteiger partial charge in [-0.05, 0) is 48.8 Å². The van der Waals surface area contributed by atoms with E-state index < -0.39 is 0 Å². The summed E-state index contributed by atoms with van der Waals surface area (Å²) in [5.41, 5.74) is 1.80. The molecule has 1 N–H and O–H groups in total. The second-order valence-electron chi connectivity index (χ2n) is 4.12. The number of hydrogen-bond acceptors (Lipinski definition) is 2. The highest BCUT2D eigenvalue weighted by molar-refractivity contribution is 7.71. The number of hydrogen-bond donors (Lipinski definition) is 1. The van der Waals surface area contributed by atoms with E-state index in [1.54, 1.807) is 16.8 Å². The zero-order valence-electron chi connectivity index (χ0n) is 9.94. The van der Waals surface area contributed by atoms with Crippen molar-refractivity contribution in [1.82, 2.24) is 9.55 Å². The van der Waals surface area contributed by atoms with E-state index in [0.717, 1.165) is 17.5 Å². The molecule has 1 aromatic heterocycles. The first-order valence-corrected chi connectivity index (χ1v) is 6.02. The molecular weight excluding hydrogens is 251 g/mol. The van der Waals surface area contributed by atoms with E-state index in [4.69, 9.17) is 12.2 Å².